The van der Waals surface area contributed by atoms with Crippen LogP contribution in [-0.2, 0) is 26.5 Å². The van der Waals surface area contributed by atoms with Crippen molar-refractivity contribution in [2.75, 3.05) is 49.5 Å². The number of hydrogen-bond acceptors (Lipinski definition) is 11. The Kier molecular flexibility index (Phi) is 10.5. The van der Waals surface area contributed by atoms with Crippen molar-refractivity contribution in [1.29, 1.82) is 5.26 Å². The van der Waals surface area contributed by atoms with Gasteiger partial charge in [-0.25, -0.2) is 4.52 Å². The Morgan fingerprint density at radius 2 is 1.70 bits per heavy atom. The predicted molar refractivity (Wildman–Crippen MR) is 235 cm³/mol. The van der Waals surface area contributed by atoms with E-state index >= 15 is 0 Å². The van der Waals surface area contributed by atoms with Gasteiger partial charge in [-0.05, 0) is 106 Å². The van der Waals surface area contributed by atoms with E-state index in [4.69, 9.17) is 5.10 Å². The second-order valence-electron chi connectivity index (χ2n) is 18.5. The Hall–Kier alpha value is -6.64. The topological polar surface area (TPSA) is 202 Å². The fourth-order valence-corrected chi connectivity index (χ4v) is 10.5. The quantitative estimate of drug-likeness (QED) is 0.191. The third-order valence-corrected chi connectivity index (χ3v) is 14.0. The number of amides is 5. The summed E-state index contributed by atoms with van der Waals surface area (Å²) in [6.45, 7) is 8.17. The van der Waals surface area contributed by atoms with Crippen molar-refractivity contribution in [3.63, 3.8) is 0 Å². The number of rotatable bonds is 8. The van der Waals surface area contributed by atoms with Crippen molar-refractivity contribution in [1.82, 2.24) is 39.4 Å². The van der Waals surface area contributed by atoms with E-state index in [0.29, 0.717) is 72.2 Å². The molecule has 17 nitrogen and oxygen atoms in total. The first-order valence-electron chi connectivity index (χ1n) is 22.3. The van der Waals surface area contributed by atoms with Crippen LogP contribution >= 0.6 is 0 Å². The maximum atomic E-state index is 13.8. The molecule has 1 unspecified atom stereocenters. The van der Waals surface area contributed by atoms with Gasteiger partial charge in [0.2, 0.25) is 17.7 Å². The lowest BCUT2D eigenvalue weighted by Crippen LogP contribution is -2.53. The molecular weight excluding hydrogens is 815 g/mol. The third kappa shape index (κ3) is 7.64. The lowest BCUT2D eigenvalue weighted by Gasteiger charge is -2.42. The number of imide groups is 1. The van der Waals surface area contributed by atoms with Crippen LogP contribution in [0.15, 0.2) is 60.9 Å². The van der Waals surface area contributed by atoms with Crippen LogP contribution in [0.3, 0.4) is 0 Å². The van der Waals surface area contributed by atoms with Gasteiger partial charge in [0, 0.05) is 92.4 Å². The molecule has 5 aromatic rings. The summed E-state index contributed by atoms with van der Waals surface area (Å²) in [6, 6.07) is 16.6. The highest BCUT2D eigenvalue weighted by Crippen LogP contribution is 2.37. The minimum Gasteiger partial charge on any atom is -0.386 e. The Bertz CT molecular complexity index is 2770. The number of hydrogen-bond donors (Lipinski definition) is 3. The van der Waals surface area contributed by atoms with E-state index in [1.54, 1.807) is 36.9 Å². The molecule has 1 aliphatic carbocycles. The summed E-state index contributed by atoms with van der Waals surface area (Å²) in [7, 11) is 0. The number of aromatic nitrogens is 4. The lowest BCUT2D eigenvalue weighted by atomic mass is 9.90. The van der Waals surface area contributed by atoms with Crippen molar-refractivity contribution in [2.45, 2.75) is 89.1 Å². The number of piperidine rings is 1. The van der Waals surface area contributed by atoms with Gasteiger partial charge in [0.25, 0.3) is 11.8 Å². The molecule has 0 spiro atoms. The van der Waals surface area contributed by atoms with Gasteiger partial charge >= 0.3 is 0 Å². The summed E-state index contributed by atoms with van der Waals surface area (Å²) < 4.78 is 3.53. The van der Waals surface area contributed by atoms with Gasteiger partial charge in [-0.15, -0.1) is 0 Å². The van der Waals surface area contributed by atoms with Crippen molar-refractivity contribution < 1.29 is 29.1 Å². The van der Waals surface area contributed by atoms with Crippen LogP contribution in [0.25, 0.3) is 16.4 Å². The van der Waals surface area contributed by atoms with E-state index in [0.717, 1.165) is 73.9 Å². The Labute approximate surface area is 369 Å². The highest BCUT2D eigenvalue weighted by atomic mass is 16.3. The number of anilines is 2. The normalized spacial score (nSPS) is 23.2. The zero-order valence-electron chi connectivity index (χ0n) is 36.0. The maximum absolute atomic E-state index is 13.8. The smallest absolute Gasteiger partial charge is 0.274 e. The van der Waals surface area contributed by atoms with Gasteiger partial charge in [-0.1, -0.05) is 0 Å². The summed E-state index contributed by atoms with van der Waals surface area (Å²) in [4.78, 5) is 73.1. The molecular formula is C47H51N11O6. The Balaban J connectivity index is 0.723. The fourth-order valence-electron chi connectivity index (χ4n) is 10.5. The van der Waals surface area contributed by atoms with Crippen LogP contribution in [0.5, 0.6) is 0 Å². The average Bonchev–Trinajstić information content (AvgIpc) is 4.11. The van der Waals surface area contributed by atoms with Crippen molar-refractivity contribution >= 4 is 57.3 Å². The number of benzene rings is 2. The number of carbonyl (C=O) groups excluding carboxylic acids is 5. The van der Waals surface area contributed by atoms with Crippen LogP contribution in [0.2, 0.25) is 0 Å². The predicted octanol–water partition coefficient (Wildman–Crippen LogP) is 3.95. The van der Waals surface area contributed by atoms with Crippen LogP contribution in [0.1, 0.15) is 102 Å². The van der Waals surface area contributed by atoms with Crippen molar-refractivity contribution in [2.24, 2.45) is 5.92 Å². The standard InChI is InChI=1S/C47H51N11O6/c1-47(2,64)37-22-38-31(21-39(37)50-44(61)41-10-8-35-19-28(23-48)24-49-58(35)41)27-57(52-38)33-5-3-32(4-6-33)53-15-17-54(18-16-53)45(62)29-13-14-55(25-29)34-7-9-36-30(20-34)26-56(46(36)63)40-11-12-42(59)51-43(40)60/h7-10,19-22,24,27,29,32-33,40,64H,3-6,11-18,25-26H2,1-2H3,(H,50,61)(H,51,59,60)/t29-,32?,33?,40?/m0/s1. The van der Waals surface area contributed by atoms with Crippen LogP contribution < -0.4 is 15.5 Å². The molecule has 1 saturated carbocycles. The molecule has 2 atom stereocenters. The van der Waals surface area contributed by atoms with Gasteiger partial charge in [-0.3, -0.25) is 38.9 Å². The number of nitrogens with zero attached hydrogens (tertiary/aromatic N) is 9. The second kappa shape index (κ2) is 16.2. The molecule has 3 aromatic heterocycles. The summed E-state index contributed by atoms with van der Waals surface area (Å²) >= 11 is 0. The Morgan fingerprint density at radius 1 is 0.922 bits per heavy atom. The number of aliphatic hydroxyl groups is 1. The number of nitriles is 1. The molecule has 4 aliphatic heterocycles. The van der Waals surface area contributed by atoms with E-state index in [9.17, 15) is 34.3 Å². The van der Waals surface area contributed by atoms with E-state index in [2.05, 4.69) is 31.6 Å². The van der Waals surface area contributed by atoms with E-state index in [-0.39, 0.29) is 36.1 Å². The molecule has 330 valence electrons. The molecule has 64 heavy (non-hydrogen) atoms. The molecule has 0 bridgehead atoms. The average molecular weight is 866 g/mol. The number of carbonyl (C=O) groups is 5. The second-order valence-corrected chi connectivity index (χ2v) is 18.5. The molecule has 7 heterocycles. The number of nitrogens with one attached hydrogen (secondary N) is 2. The SMILES string of the molecule is CC(C)(O)c1cc2nn(C3CCC(N4CCN(C(=O)[C@H]5CCN(c6ccc7c(c6)CN(C6CCC(=O)NC6=O)C7=O)C5)CC4)CC3)cc2cc1NC(=O)c1ccc2cc(C#N)cnn12. The van der Waals surface area contributed by atoms with Gasteiger partial charge in [-0.2, -0.15) is 15.5 Å². The van der Waals surface area contributed by atoms with Crippen LogP contribution in [0.4, 0.5) is 11.4 Å². The van der Waals surface area contributed by atoms with Gasteiger partial charge in [0.1, 0.15) is 17.8 Å². The largest absolute Gasteiger partial charge is 0.386 e. The molecule has 4 fully saturated rings. The molecule has 10 rings (SSSR count). The molecule has 0 radical (unpaired) electrons. The van der Waals surface area contributed by atoms with E-state index in [1.807, 2.05) is 46.1 Å². The van der Waals surface area contributed by atoms with Gasteiger partial charge < -0.3 is 25.1 Å². The fraction of sp³-hybridized carbons (Fsp3) is 0.447. The highest BCUT2D eigenvalue weighted by molar-refractivity contribution is 6.06. The summed E-state index contributed by atoms with van der Waals surface area (Å²) in [5, 5.41) is 35.9. The van der Waals surface area contributed by atoms with E-state index in [1.165, 1.54) is 10.7 Å². The lowest BCUT2D eigenvalue weighted by molar-refractivity contribution is -0.138. The first-order chi connectivity index (χ1) is 30.8. The zero-order chi connectivity index (χ0) is 44.4. The summed E-state index contributed by atoms with van der Waals surface area (Å²) in [5.41, 5.74) is 4.27. The number of piperazine rings is 1. The third-order valence-electron chi connectivity index (χ3n) is 14.0. The van der Waals surface area contributed by atoms with Gasteiger partial charge in [0.05, 0.1) is 40.4 Å². The molecule has 5 amide bonds. The monoisotopic (exact) mass is 865 g/mol. The molecule has 2 aromatic carbocycles. The first kappa shape index (κ1) is 41.4. The van der Waals surface area contributed by atoms with Crippen molar-refractivity contribution in [3.8, 4) is 6.07 Å². The van der Waals surface area contributed by atoms with Crippen LogP contribution in [0, 0.1) is 17.2 Å². The molecule has 3 saturated heterocycles. The van der Waals surface area contributed by atoms with Crippen molar-refractivity contribution in [3.05, 3.63) is 88.9 Å². The first-order valence-corrected chi connectivity index (χ1v) is 22.3. The minimum absolute atomic E-state index is 0.0925. The number of fused-ring (bicyclic) bond motifs is 3. The van der Waals surface area contributed by atoms with E-state index < -0.39 is 23.5 Å². The maximum Gasteiger partial charge on any atom is 0.274 e. The Morgan fingerprint density at radius 3 is 2.45 bits per heavy atom. The van der Waals surface area contributed by atoms with Crippen LogP contribution in [-0.4, -0.2) is 120 Å². The molecule has 17 heteroatoms. The highest BCUT2D eigenvalue weighted by Gasteiger charge is 2.40. The molecule has 3 N–H and O–H groups in total. The summed E-state index contributed by atoms with van der Waals surface area (Å²) in [5.74, 6) is -1.19. The zero-order valence-corrected chi connectivity index (χ0v) is 36.0. The van der Waals surface area contributed by atoms with Gasteiger partial charge in [0.15, 0.2) is 0 Å². The summed E-state index contributed by atoms with van der Waals surface area (Å²) in [6.07, 6.45) is 8.73. The minimum atomic E-state index is -1.26. The molecule has 5 aliphatic rings.